The zero-order valence-electron chi connectivity index (χ0n) is 9.00. The first kappa shape index (κ1) is 10.8. The molecule has 4 nitrogen and oxygen atoms in total. The quantitative estimate of drug-likeness (QED) is 0.791. The highest BCUT2D eigenvalue weighted by molar-refractivity contribution is 5.39. The molecule has 1 aromatic rings. The fourth-order valence-electron chi connectivity index (χ4n) is 1.18. The lowest BCUT2D eigenvalue weighted by molar-refractivity contribution is 0.371. The first-order chi connectivity index (χ1) is 6.49. The van der Waals surface area contributed by atoms with E-state index in [-0.39, 0.29) is 0 Å². The lowest BCUT2D eigenvalue weighted by Crippen LogP contribution is -2.29. The Bertz CT molecular complexity index is 318. The summed E-state index contributed by atoms with van der Waals surface area (Å²) in [6.07, 6.45) is 1.68. The molecule has 0 aliphatic heterocycles. The van der Waals surface area contributed by atoms with Crippen LogP contribution in [0, 0.1) is 0 Å². The third-order valence-electron chi connectivity index (χ3n) is 1.96. The average Bonchev–Trinajstić information content (AvgIpc) is 2.15. The van der Waals surface area contributed by atoms with Gasteiger partial charge in [0.15, 0.2) is 0 Å². The van der Waals surface area contributed by atoms with Crippen molar-refractivity contribution in [3.63, 3.8) is 0 Å². The van der Waals surface area contributed by atoms with Gasteiger partial charge in [-0.3, -0.25) is 0 Å². The molecule has 0 aromatic carbocycles. The molecule has 0 unspecified atom stereocenters. The van der Waals surface area contributed by atoms with Crippen molar-refractivity contribution >= 4 is 0 Å². The van der Waals surface area contributed by atoms with Crippen LogP contribution in [-0.2, 0) is 5.54 Å². The second-order valence-electron chi connectivity index (χ2n) is 3.65. The number of rotatable bonds is 3. The van der Waals surface area contributed by atoms with Gasteiger partial charge in [0.25, 0.3) is 0 Å². The van der Waals surface area contributed by atoms with Gasteiger partial charge < -0.3 is 15.2 Å². The Morgan fingerprint density at radius 3 is 2.36 bits per heavy atom. The van der Waals surface area contributed by atoms with Gasteiger partial charge in [0.2, 0.25) is 5.88 Å². The number of ether oxygens (including phenoxy) is 2. The lowest BCUT2D eigenvalue weighted by atomic mass is 9.96. The fraction of sp³-hybridized carbons (Fsp3) is 0.500. The SMILES string of the molecule is COc1cc(OC)c(C(C)(C)N)cn1. The van der Waals surface area contributed by atoms with Crippen molar-refractivity contribution < 1.29 is 9.47 Å². The summed E-state index contributed by atoms with van der Waals surface area (Å²) in [5, 5.41) is 0. The molecular weight excluding hydrogens is 180 g/mol. The highest BCUT2D eigenvalue weighted by Gasteiger charge is 2.20. The van der Waals surface area contributed by atoms with Gasteiger partial charge in [-0.2, -0.15) is 0 Å². The third kappa shape index (κ3) is 2.14. The maximum absolute atomic E-state index is 5.96. The van der Waals surface area contributed by atoms with E-state index in [2.05, 4.69) is 4.98 Å². The molecule has 0 atom stereocenters. The average molecular weight is 196 g/mol. The van der Waals surface area contributed by atoms with Crippen LogP contribution in [0.3, 0.4) is 0 Å². The monoisotopic (exact) mass is 196 g/mol. The summed E-state index contributed by atoms with van der Waals surface area (Å²) in [5.74, 6) is 1.22. The van der Waals surface area contributed by atoms with Crippen LogP contribution < -0.4 is 15.2 Å². The van der Waals surface area contributed by atoms with Crippen molar-refractivity contribution in [2.75, 3.05) is 14.2 Å². The van der Waals surface area contributed by atoms with E-state index in [1.165, 1.54) is 0 Å². The Balaban J connectivity index is 3.18. The molecule has 2 N–H and O–H groups in total. The van der Waals surface area contributed by atoms with Crippen molar-refractivity contribution in [2.24, 2.45) is 5.73 Å². The molecule has 0 aliphatic carbocycles. The topological polar surface area (TPSA) is 57.4 Å². The summed E-state index contributed by atoms with van der Waals surface area (Å²) in [7, 11) is 3.17. The molecule has 0 fully saturated rings. The van der Waals surface area contributed by atoms with E-state index < -0.39 is 5.54 Å². The Kier molecular flexibility index (Phi) is 2.96. The molecule has 1 heterocycles. The highest BCUT2D eigenvalue weighted by atomic mass is 16.5. The highest BCUT2D eigenvalue weighted by Crippen LogP contribution is 2.29. The van der Waals surface area contributed by atoms with Gasteiger partial charge in [-0.15, -0.1) is 0 Å². The molecule has 0 saturated carbocycles. The first-order valence-corrected chi connectivity index (χ1v) is 4.36. The number of nitrogens with zero attached hydrogens (tertiary/aromatic N) is 1. The van der Waals surface area contributed by atoms with Gasteiger partial charge in [0.1, 0.15) is 5.75 Å². The van der Waals surface area contributed by atoms with Gasteiger partial charge in [-0.1, -0.05) is 0 Å². The van der Waals surface area contributed by atoms with Crippen LogP contribution in [0.15, 0.2) is 12.3 Å². The van der Waals surface area contributed by atoms with E-state index in [1.807, 2.05) is 13.8 Å². The van der Waals surface area contributed by atoms with E-state index >= 15 is 0 Å². The van der Waals surface area contributed by atoms with Crippen LogP contribution >= 0.6 is 0 Å². The molecule has 0 spiro atoms. The standard InChI is InChI=1S/C10H16N2O2/c1-10(2,11)7-6-12-9(14-4)5-8(7)13-3/h5-6H,11H2,1-4H3. The van der Waals surface area contributed by atoms with Gasteiger partial charge in [-0.05, 0) is 13.8 Å². The number of hydrogen-bond donors (Lipinski definition) is 1. The predicted molar refractivity (Wildman–Crippen MR) is 54.6 cm³/mol. The van der Waals surface area contributed by atoms with Gasteiger partial charge in [0, 0.05) is 23.4 Å². The molecule has 0 amide bonds. The van der Waals surface area contributed by atoms with Crippen LogP contribution in [0.2, 0.25) is 0 Å². The van der Waals surface area contributed by atoms with Gasteiger partial charge in [-0.25, -0.2) is 4.98 Å². The zero-order chi connectivity index (χ0) is 10.8. The Morgan fingerprint density at radius 1 is 1.29 bits per heavy atom. The van der Waals surface area contributed by atoms with E-state index in [9.17, 15) is 0 Å². The minimum atomic E-state index is -0.468. The van der Waals surface area contributed by atoms with Crippen molar-refractivity contribution in [3.8, 4) is 11.6 Å². The van der Waals surface area contributed by atoms with Crippen molar-refractivity contribution in [1.29, 1.82) is 0 Å². The Hall–Kier alpha value is -1.29. The van der Waals surface area contributed by atoms with Gasteiger partial charge >= 0.3 is 0 Å². The van der Waals surface area contributed by atoms with E-state index in [0.717, 1.165) is 5.56 Å². The number of hydrogen-bond acceptors (Lipinski definition) is 4. The lowest BCUT2D eigenvalue weighted by Gasteiger charge is -2.21. The molecule has 1 rings (SSSR count). The fourth-order valence-corrected chi connectivity index (χ4v) is 1.18. The second kappa shape index (κ2) is 3.84. The number of methoxy groups -OCH3 is 2. The normalized spacial score (nSPS) is 11.2. The van der Waals surface area contributed by atoms with Crippen LogP contribution in [0.1, 0.15) is 19.4 Å². The first-order valence-electron chi connectivity index (χ1n) is 4.36. The molecular formula is C10H16N2O2. The van der Waals surface area contributed by atoms with E-state index in [1.54, 1.807) is 26.5 Å². The Morgan fingerprint density at radius 2 is 1.93 bits per heavy atom. The van der Waals surface area contributed by atoms with E-state index in [4.69, 9.17) is 15.2 Å². The minimum Gasteiger partial charge on any atom is -0.496 e. The molecule has 78 valence electrons. The molecule has 0 aliphatic rings. The largest absolute Gasteiger partial charge is 0.496 e. The van der Waals surface area contributed by atoms with Crippen molar-refractivity contribution in [2.45, 2.75) is 19.4 Å². The summed E-state index contributed by atoms with van der Waals surface area (Å²) >= 11 is 0. The van der Waals surface area contributed by atoms with Crippen LogP contribution in [-0.4, -0.2) is 19.2 Å². The summed E-state index contributed by atoms with van der Waals surface area (Å²) in [6.45, 7) is 3.80. The Labute approximate surface area is 84.0 Å². The summed E-state index contributed by atoms with van der Waals surface area (Å²) in [4.78, 5) is 4.09. The molecule has 0 saturated heterocycles. The molecule has 0 bridgehead atoms. The maximum Gasteiger partial charge on any atom is 0.216 e. The van der Waals surface area contributed by atoms with Crippen LogP contribution in [0.5, 0.6) is 11.6 Å². The summed E-state index contributed by atoms with van der Waals surface area (Å²) < 4.78 is 10.2. The van der Waals surface area contributed by atoms with E-state index in [0.29, 0.717) is 11.6 Å². The van der Waals surface area contributed by atoms with Crippen LogP contribution in [0.25, 0.3) is 0 Å². The number of pyridine rings is 1. The molecule has 14 heavy (non-hydrogen) atoms. The molecule has 1 aromatic heterocycles. The van der Waals surface area contributed by atoms with Crippen LogP contribution in [0.4, 0.5) is 0 Å². The second-order valence-corrected chi connectivity index (χ2v) is 3.65. The van der Waals surface area contributed by atoms with Gasteiger partial charge in [0.05, 0.1) is 14.2 Å². The molecule has 4 heteroatoms. The van der Waals surface area contributed by atoms with Crippen molar-refractivity contribution in [1.82, 2.24) is 4.98 Å². The summed E-state index contributed by atoms with van der Waals surface area (Å²) in [5.41, 5.74) is 6.36. The zero-order valence-corrected chi connectivity index (χ0v) is 9.00. The minimum absolute atomic E-state index is 0.468. The number of aromatic nitrogens is 1. The predicted octanol–water partition coefficient (Wildman–Crippen LogP) is 1.29. The smallest absolute Gasteiger partial charge is 0.216 e. The molecule has 0 radical (unpaired) electrons. The number of nitrogens with two attached hydrogens (primary N) is 1. The third-order valence-corrected chi connectivity index (χ3v) is 1.96. The maximum atomic E-state index is 5.96. The van der Waals surface area contributed by atoms with Crippen molar-refractivity contribution in [3.05, 3.63) is 17.8 Å². The summed E-state index contributed by atoms with van der Waals surface area (Å²) in [6, 6.07) is 1.73.